The molecule has 0 saturated carbocycles. The van der Waals surface area contributed by atoms with Crippen molar-refractivity contribution in [1.29, 1.82) is 0 Å². The Hall–Kier alpha value is -2.64. The Morgan fingerprint density at radius 1 is 1.03 bits per heavy atom. The lowest BCUT2D eigenvalue weighted by Crippen LogP contribution is -2.38. The number of piperidine rings is 1. The second-order valence-corrected chi connectivity index (χ2v) is 11.2. The summed E-state index contributed by atoms with van der Waals surface area (Å²) in [6, 6.07) is 10.4. The predicted octanol–water partition coefficient (Wildman–Crippen LogP) is 4.36. The minimum Gasteiger partial charge on any atom is -0.508 e. The van der Waals surface area contributed by atoms with E-state index in [0.717, 1.165) is 29.5 Å². The fourth-order valence-electron chi connectivity index (χ4n) is 4.56. The first-order valence-electron chi connectivity index (χ1n) is 11.6. The van der Waals surface area contributed by atoms with Crippen LogP contribution < -0.4 is 0 Å². The number of carbonyl (C=O) groups is 1. The van der Waals surface area contributed by atoms with Gasteiger partial charge in [-0.25, -0.2) is 8.42 Å². The fourth-order valence-corrected chi connectivity index (χ4v) is 6.35. The van der Waals surface area contributed by atoms with Crippen molar-refractivity contribution in [2.24, 2.45) is 5.92 Å². The van der Waals surface area contributed by atoms with Crippen molar-refractivity contribution < 1.29 is 18.3 Å². The van der Waals surface area contributed by atoms with Crippen LogP contribution in [0.3, 0.4) is 0 Å². The van der Waals surface area contributed by atoms with Crippen LogP contribution in [0.15, 0.2) is 47.4 Å². The third kappa shape index (κ3) is 4.84. The Kier molecular flexibility index (Phi) is 6.64. The molecule has 1 saturated heterocycles. The number of aromatic hydroxyl groups is 1. The second kappa shape index (κ2) is 9.31. The molecule has 2 aromatic carbocycles. The molecule has 0 unspecified atom stereocenters. The molecule has 2 aliphatic heterocycles. The monoisotopic (exact) mass is 468 g/mol. The first kappa shape index (κ1) is 23.5. The highest BCUT2D eigenvalue weighted by atomic mass is 32.2. The molecule has 0 aromatic heterocycles. The molecule has 176 valence electrons. The molecular formula is C26H32N2O4S. The van der Waals surface area contributed by atoms with E-state index in [9.17, 15) is 18.3 Å². The minimum absolute atomic E-state index is 0.150. The average molecular weight is 469 g/mol. The molecule has 2 aliphatic rings. The van der Waals surface area contributed by atoms with Crippen LogP contribution in [0, 0.1) is 19.8 Å². The smallest absolute Gasteiger partial charge is 0.254 e. The number of nitrogens with zero attached hydrogens (tertiary/aromatic N) is 2. The number of amides is 1. The number of carbonyl (C=O) groups excluding carboxylic acids is 1. The quantitative estimate of drug-likeness (QED) is 0.723. The van der Waals surface area contributed by atoms with Crippen LogP contribution in [0.25, 0.3) is 5.57 Å². The van der Waals surface area contributed by atoms with Crippen LogP contribution >= 0.6 is 0 Å². The second-order valence-electron chi connectivity index (χ2n) is 9.28. The normalized spacial score (nSPS) is 18.3. The van der Waals surface area contributed by atoms with Gasteiger partial charge in [-0.05, 0) is 85.6 Å². The molecule has 0 aliphatic carbocycles. The summed E-state index contributed by atoms with van der Waals surface area (Å²) in [4.78, 5) is 15.3. The summed E-state index contributed by atoms with van der Waals surface area (Å²) in [5.74, 6) is 0.611. The lowest BCUT2D eigenvalue weighted by Gasteiger charge is -2.30. The lowest BCUT2D eigenvalue weighted by molar-refractivity contribution is 0.0772. The molecule has 7 heteroatoms. The Morgan fingerprint density at radius 2 is 1.70 bits per heavy atom. The number of benzene rings is 2. The third-order valence-corrected chi connectivity index (χ3v) is 8.99. The van der Waals surface area contributed by atoms with Crippen molar-refractivity contribution in [3.05, 3.63) is 64.7 Å². The van der Waals surface area contributed by atoms with Gasteiger partial charge in [-0.15, -0.1) is 0 Å². The van der Waals surface area contributed by atoms with E-state index in [1.165, 1.54) is 0 Å². The highest BCUT2D eigenvalue weighted by Crippen LogP contribution is 2.29. The SMILES string of the molecule is Cc1cc(C(=O)N2CC=C(c3ccc(O)cc3)CC2)cc(S(=O)(=O)N2CCC(C)CC2)c1C. The molecule has 6 nitrogen and oxygen atoms in total. The first-order valence-corrected chi connectivity index (χ1v) is 13.0. The van der Waals surface area contributed by atoms with Crippen molar-refractivity contribution in [2.45, 2.75) is 44.9 Å². The van der Waals surface area contributed by atoms with Gasteiger partial charge in [0.1, 0.15) is 5.75 Å². The molecule has 0 atom stereocenters. The summed E-state index contributed by atoms with van der Waals surface area (Å²) < 4.78 is 28.4. The van der Waals surface area contributed by atoms with Crippen molar-refractivity contribution in [1.82, 2.24) is 9.21 Å². The van der Waals surface area contributed by atoms with Crippen LogP contribution in [-0.4, -0.2) is 54.8 Å². The van der Waals surface area contributed by atoms with E-state index in [1.54, 1.807) is 33.5 Å². The largest absolute Gasteiger partial charge is 0.508 e. The van der Waals surface area contributed by atoms with Gasteiger partial charge in [0, 0.05) is 31.7 Å². The third-order valence-electron chi connectivity index (χ3n) is 6.96. The van der Waals surface area contributed by atoms with E-state index >= 15 is 0 Å². The zero-order valence-corrected chi connectivity index (χ0v) is 20.4. The van der Waals surface area contributed by atoms with Crippen LogP contribution in [-0.2, 0) is 10.0 Å². The molecule has 33 heavy (non-hydrogen) atoms. The Labute approximate surface area is 196 Å². The van der Waals surface area contributed by atoms with E-state index in [0.29, 0.717) is 49.6 Å². The fraction of sp³-hybridized carbons (Fsp3) is 0.423. The molecule has 2 heterocycles. The van der Waals surface area contributed by atoms with E-state index in [1.807, 2.05) is 32.1 Å². The molecule has 0 radical (unpaired) electrons. The predicted molar refractivity (Wildman–Crippen MR) is 130 cm³/mol. The zero-order valence-electron chi connectivity index (χ0n) is 19.5. The maximum atomic E-state index is 13.4. The summed E-state index contributed by atoms with van der Waals surface area (Å²) in [6.07, 6.45) is 4.46. The summed E-state index contributed by atoms with van der Waals surface area (Å²) in [6.45, 7) is 7.91. The molecule has 0 bridgehead atoms. The molecule has 4 rings (SSSR count). The van der Waals surface area contributed by atoms with Crippen LogP contribution in [0.2, 0.25) is 0 Å². The summed E-state index contributed by atoms with van der Waals surface area (Å²) >= 11 is 0. The van der Waals surface area contributed by atoms with Gasteiger partial charge in [-0.3, -0.25) is 4.79 Å². The van der Waals surface area contributed by atoms with Gasteiger partial charge in [0.15, 0.2) is 0 Å². The van der Waals surface area contributed by atoms with Gasteiger partial charge in [-0.2, -0.15) is 4.31 Å². The molecular weight excluding hydrogens is 436 g/mol. The van der Waals surface area contributed by atoms with E-state index in [4.69, 9.17) is 0 Å². The van der Waals surface area contributed by atoms with Crippen molar-refractivity contribution in [3.63, 3.8) is 0 Å². The number of aryl methyl sites for hydroxylation is 1. The molecule has 1 N–H and O–H groups in total. The highest BCUT2D eigenvalue weighted by Gasteiger charge is 2.31. The summed E-state index contributed by atoms with van der Waals surface area (Å²) in [7, 11) is -3.64. The number of phenolic OH excluding ortho intramolecular Hbond substituents is 1. The number of phenols is 1. The number of hydrogen-bond acceptors (Lipinski definition) is 4. The average Bonchev–Trinajstić information content (AvgIpc) is 2.81. The molecule has 2 aromatic rings. The topological polar surface area (TPSA) is 77.9 Å². The van der Waals surface area contributed by atoms with Gasteiger partial charge in [0.25, 0.3) is 5.91 Å². The lowest BCUT2D eigenvalue weighted by atomic mass is 9.98. The molecule has 0 spiro atoms. The Morgan fingerprint density at radius 3 is 2.30 bits per heavy atom. The van der Waals surface area contributed by atoms with E-state index < -0.39 is 10.0 Å². The summed E-state index contributed by atoms with van der Waals surface area (Å²) in [5.41, 5.74) is 4.11. The van der Waals surface area contributed by atoms with E-state index in [2.05, 4.69) is 6.92 Å². The number of sulfonamides is 1. The standard InChI is InChI=1S/C26H32N2O4S/c1-18-8-14-28(15-9-18)33(31,32)25-17-23(16-19(2)20(25)3)26(30)27-12-10-22(11-13-27)21-4-6-24(29)7-5-21/h4-7,10,16-18,29H,8-9,11-15H2,1-3H3. The minimum atomic E-state index is -3.64. The van der Waals surface area contributed by atoms with E-state index in [-0.39, 0.29) is 16.6 Å². The van der Waals surface area contributed by atoms with Crippen LogP contribution in [0.1, 0.15) is 53.2 Å². The number of rotatable bonds is 4. The maximum absolute atomic E-state index is 13.4. The maximum Gasteiger partial charge on any atom is 0.254 e. The Bertz CT molecular complexity index is 1180. The number of hydrogen-bond donors (Lipinski definition) is 1. The zero-order chi connectivity index (χ0) is 23.8. The molecule has 1 amide bonds. The van der Waals surface area contributed by atoms with Crippen molar-refractivity contribution in [3.8, 4) is 5.75 Å². The van der Waals surface area contributed by atoms with Crippen LogP contribution in [0.5, 0.6) is 5.75 Å². The van der Waals surface area contributed by atoms with Gasteiger partial charge in [-0.1, -0.05) is 25.1 Å². The van der Waals surface area contributed by atoms with Crippen LogP contribution in [0.4, 0.5) is 0 Å². The first-order chi connectivity index (χ1) is 15.7. The van der Waals surface area contributed by atoms with Gasteiger partial charge in [0.2, 0.25) is 10.0 Å². The van der Waals surface area contributed by atoms with Gasteiger partial charge < -0.3 is 10.0 Å². The Balaban J connectivity index is 1.56. The highest BCUT2D eigenvalue weighted by molar-refractivity contribution is 7.89. The summed E-state index contributed by atoms with van der Waals surface area (Å²) in [5, 5.41) is 9.49. The van der Waals surface area contributed by atoms with Crippen molar-refractivity contribution >= 4 is 21.5 Å². The molecule has 1 fully saturated rings. The van der Waals surface area contributed by atoms with Crippen molar-refractivity contribution in [2.75, 3.05) is 26.2 Å². The van der Waals surface area contributed by atoms with Gasteiger partial charge in [0.05, 0.1) is 4.90 Å². The van der Waals surface area contributed by atoms with Gasteiger partial charge >= 0.3 is 0 Å².